The molecule has 0 aromatic heterocycles. The largest absolute Gasteiger partial charge is 0.380 e. The molecule has 1 fully saturated rings. The van der Waals surface area contributed by atoms with Crippen molar-refractivity contribution in [1.29, 1.82) is 0 Å². The highest BCUT2D eigenvalue weighted by Crippen LogP contribution is 2.26. The van der Waals surface area contributed by atoms with Gasteiger partial charge >= 0.3 is 0 Å². The van der Waals surface area contributed by atoms with Crippen molar-refractivity contribution in [3.8, 4) is 0 Å². The number of halogens is 1. The number of ether oxygens (including phenoxy) is 1. The van der Waals surface area contributed by atoms with Gasteiger partial charge in [0.25, 0.3) is 5.69 Å². The normalized spacial score (nSPS) is 15.8. The molecule has 1 aromatic carbocycles. The lowest BCUT2D eigenvalue weighted by Crippen LogP contribution is -2.34. The van der Waals surface area contributed by atoms with Gasteiger partial charge in [0.15, 0.2) is 0 Å². The Morgan fingerprint density at radius 1 is 1.40 bits per heavy atom. The third-order valence-electron chi connectivity index (χ3n) is 3.14. The van der Waals surface area contributed by atoms with E-state index in [4.69, 9.17) is 4.74 Å². The summed E-state index contributed by atoms with van der Waals surface area (Å²) in [5, 5.41) is 10.9. The minimum atomic E-state index is -0.460. The minimum absolute atomic E-state index is 0.0190. The van der Waals surface area contributed by atoms with Gasteiger partial charge in [-0.2, -0.15) is 0 Å². The van der Waals surface area contributed by atoms with E-state index in [1.807, 2.05) is 0 Å². The molecule has 1 amide bonds. The fraction of sp³-hybridized carbons (Fsp3) is 0.462. The summed E-state index contributed by atoms with van der Waals surface area (Å²) in [6.45, 7) is 2.48. The Labute approximate surface area is 125 Å². The molecular formula is C13H15BrN2O4. The zero-order valence-electron chi connectivity index (χ0n) is 10.9. The first kappa shape index (κ1) is 14.9. The minimum Gasteiger partial charge on any atom is -0.380 e. The van der Waals surface area contributed by atoms with Crippen LogP contribution in [0.1, 0.15) is 12.0 Å². The van der Waals surface area contributed by atoms with E-state index >= 15 is 0 Å². The summed E-state index contributed by atoms with van der Waals surface area (Å²) in [7, 11) is 0. The SMILES string of the molecule is O=C(Cc1ccc(Br)c([N+](=O)[O-])c1)N1CCCOCC1. The van der Waals surface area contributed by atoms with Crippen LogP contribution < -0.4 is 0 Å². The molecule has 0 saturated carbocycles. The van der Waals surface area contributed by atoms with Gasteiger partial charge in [-0.1, -0.05) is 6.07 Å². The van der Waals surface area contributed by atoms with E-state index in [0.717, 1.165) is 6.42 Å². The number of hydrogen-bond acceptors (Lipinski definition) is 4. The van der Waals surface area contributed by atoms with E-state index in [0.29, 0.717) is 36.3 Å². The number of carbonyl (C=O) groups excluding carboxylic acids is 1. The van der Waals surface area contributed by atoms with Crippen LogP contribution in [0.2, 0.25) is 0 Å². The van der Waals surface area contributed by atoms with E-state index in [1.54, 1.807) is 17.0 Å². The van der Waals surface area contributed by atoms with E-state index in [9.17, 15) is 14.9 Å². The second kappa shape index (κ2) is 6.81. The molecule has 0 N–H and O–H groups in total. The van der Waals surface area contributed by atoms with Crippen molar-refractivity contribution in [3.63, 3.8) is 0 Å². The van der Waals surface area contributed by atoms with Gasteiger partial charge in [0.1, 0.15) is 0 Å². The van der Waals surface area contributed by atoms with Crippen molar-refractivity contribution >= 4 is 27.5 Å². The van der Waals surface area contributed by atoms with Crippen molar-refractivity contribution in [3.05, 3.63) is 38.3 Å². The maximum Gasteiger partial charge on any atom is 0.283 e. The molecule has 1 heterocycles. The predicted octanol–water partition coefficient (Wildman–Crippen LogP) is 2.15. The number of benzene rings is 1. The predicted molar refractivity (Wildman–Crippen MR) is 76.5 cm³/mol. The molecule has 1 saturated heterocycles. The van der Waals surface area contributed by atoms with Crippen LogP contribution in [0.5, 0.6) is 0 Å². The number of rotatable bonds is 3. The van der Waals surface area contributed by atoms with Gasteiger partial charge in [0.05, 0.1) is 22.4 Å². The third-order valence-corrected chi connectivity index (χ3v) is 3.81. The van der Waals surface area contributed by atoms with E-state index in [1.165, 1.54) is 6.07 Å². The van der Waals surface area contributed by atoms with E-state index in [2.05, 4.69) is 15.9 Å². The second-order valence-electron chi connectivity index (χ2n) is 4.57. The molecule has 2 rings (SSSR count). The summed E-state index contributed by atoms with van der Waals surface area (Å²) in [6.07, 6.45) is 1.00. The molecule has 0 radical (unpaired) electrons. The van der Waals surface area contributed by atoms with Gasteiger partial charge in [-0.3, -0.25) is 14.9 Å². The Morgan fingerprint density at radius 2 is 2.20 bits per heavy atom. The van der Waals surface area contributed by atoms with E-state index < -0.39 is 4.92 Å². The molecular weight excluding hydrogens is 328 g/mol. The van der Waals surface area contributed by atoms with Gasteiger partial charge in [-0.25, -0.2) is 0 Å². The average Bonchev–Trinajstić information content (AvgIpc) is 2.69. The summed E-state index contributed by atoms with van der Waals surface area (Å²) in [5.74, 6) is -0.0212. The van der Waals surface area contributed by atoms with Gasteiger partial charge in [-0.05, 0) is 34.0 Å². The Bertz CT molecular complexity index is 513. The number of nitro benzene ring substituents is 1. The zero-order valence-corrected chi connectivity index (χ0v) is 12.5. The first-order chi connectivity index (χ1) is 9.58. The molecule has 1 aromatic rings. The molecule has 6 nitrogen and oxygen atoms in total. The number of nitrogens with zero attached hydrogens (tertiary/aromatic N) is 2. The van der Waals surface area contributed by atoms with Crippen molar-refractivity contribution in [2.75, 3.05) is 26.3 Å². The fourth-order valence-electron chi connectivity index (χ4n) is 2.09. The number of carbonyl (C=O) groups is 1. The first-order valence-corrected chi connectivity index (χ1v) is 7.15. The highest BCUT2D eigenvalue weighted by atomic mass is 79.9. The van der Waals surface area contributed by atoms with Crippen LogP contribution in [-0.2, 0) is 16.0 Å². The molecule has 1 aliphatic heterocycles. The Hall–Kier alpha value is -1.47. The fourth-order valence-corrected chi connectivity index (χ4v) is 2.48. The molecule has 0 spiro atoms. The number of hydrogen-bond donors (Lipinski definition) is 0. The van der Waals surface area contributed by atoms with Crippen molar-refractivity contribution in [1.82, 2.24) is 4.90 Å². The monoisotopic (exact) mass is 342 g/mol. The lowest BCUT2D eigenvalue weighted by molar-refractivity contribution is -0.385. The van der Waals surface area contributed by atoms with Crippen molar-refractivity contribution in [2.45, 2.75) is 12.8 Å². The molecule has 0 bridgehead atoms. The van der Waals surface area contributed by atoms with Gasteiger partial charge in [0.2, 0.25) is 5.91 Å². The van der Waals surface area contributed by atoms with Crippen LogP contribution in [-0.4, -0.2) is 42.0 Å². The maximum atomic E-state index is 12.2. The Balaban J connectivity index is 2.07. The lowest BCUT2D eigenvalue weighted by Gasteiger charge is -2.19. The van der Waals surface area contributed by atoms with Crippen LogP contribution in [0.15, 0.2) is 22.7 Å². The lowest BCUT2D eigenvalue weighted by atomic mass is 10.1. The van der Waals surface area contributed by atoms with E-state index in [-0.39, 0.29) is 18.0 Å². The topological polar surface area (TPSA) is 72.7 Å². The molecule has 0 atom stereocenters. The highest BCUT2D eigenvalue weighted by Gasteiger charge is 2.18. The molecule has 108 valence electrons. The van der Waals surface area contributed by atoms with Crippen LogP contribution in [0.3, 0.4) is 0 Å². The molecule has 0 unspecified atom stereocenters. The second-order valence-corrected chi connectivity index (χ2v) is 5.42. The quantitative estimate of drug-likeness (QED) is 0.623. The van der Waals surface area contributed by atoms with Crippen LogP contribution >= 0.6 is 15.9 Å². The smallest absolute Gasteiger partial charge is 0.283 e. The highest BCUT2D eigenvalue weighted by molar-refractivity contribution is 9.10. The van der Waals surface area contributed by atoms with Crippen LogP contribution in [0.25, 0.3) is 0 Å². The molecule has 0 aliphatic carbocycles. The average molecular weight is 343 g/mol. The number of nitro groups is 1. The standard InChI is InChI=1S/C13H15BrN2O4/c14-11-3-2-10(8-12(11)16(18)19)9-13(17)15-4-1-6-20-7-5-15/h2-3,8H,1,4-7,9H2. The summed E-state index contributed by atoms with van der Waals surface area (Å²) in [5.41, 5.74) is 0.629. The summed E-state index contributed by atoms with van der Waals surface area (Å²) in [4.78, 5) is 24.3. The molecule has 7 heteroatoms. The number of amides is 1. The summed E-state index contributed by atoms with van der Waals surface area (Å²) >= 11 is 3.13. The first-order valence-electron chi connectivity index (χ1n) is 6.36. The van der Waals surface area contributed by atoms with Crippen LogP contribution in [0.4, 0.5) is 5.69 Å². The third kappa shape index (κ3) is 3.77. The van der Waals surface area contributed by atoms with Gasteiger partial charge < -0.3 is 9.64 Å². The maximum absolute atomic E-state index is 12.2. The molecule has 1 aliphatic rings. The van der Waals surface area contributed by atoms with Gasteiger partial charge in [-0.15, -0.1) is 0 Å². The van der Waals surface area contributed by atoms with Crippen molar-refractivity contribution in [2.24, 2.45) is 0 Å². The Morgan fingerprint density at radius 3 is 2.95 bits per heavy atom. The zero-order chi connectivity index (χ0) is 14.5. The van der Waals surface area contributed by atoms with Crippen LogP contribution in [0, 0.1) is 10.1 Å². The summed E-state index contributed by atoms with van der Waals surface area (Å²) < 4.78 is 5.72. The van der Waals surface area contributed by atoms with Gasteiger partial charge in [0, 0.05) is 25.8 Å². The summed E-state index contributed by atoms with van der Waals surface area (Å²) in [6, 6.07) is 4.77. The Kier molecular flexibility index (Phi) is 5.08. The molecule has 20 heavy (non-hydrogen) atoms. The van der Waals surface area contributed by atoms with Crippen molar-refractivity contribution < 1.29 is 14.5 Å².